The van der Waals surface area contributed by atoms with Crippen LogP contribution in [-0.2, 0) is 0 Å². The molecule has 0 aliphatic rings. The van der Waals surface area contributed by atoms with E-state index in [1.54, 1.807) is 0 Å². The predicted molar refractivity (Wildman–Crippen MR) is 214 cm³/mol. The van der Waals surface area contributed by atoms with E-state index in [1.165, 1.54) is 82.7 Å². The first kappa shape index (κ1) is 29.7. The Labute approximate surface area is 292 Å². The van der Waals surface area contributed by atoms with E-state index in [2.05, 4.69) is 205 Å². The topological polar surface area (TPSA) is 9.86 Å². The van der Waals surface area contributed by atoms with Crippen LogP contribution in [0.3, 0.4) is 0 Å². The molecule has 0 bridgehead atoms. The second kappa shape index (κ2) is 12.3. The molecule has 0 atom stereocenters. The Morgan fingerprint density at radius 2 is 0.920 bits per heavy atom. The van der Waals surface area contributed by atoms with Crippen LogP contribution in [0.4, 0.5) is 0 Å². The highest BCUT2D eigenvalue weighted by atomic mass is 15.0. The van der Waals surface area contributed by atoms with Crippen LogP contribution in [0.15, 0.2) is 182 Å². The Morgan fingerprint density at radius 1 is 0.400 bits per heavy atom. The van der Waals surface area contributed by atoms with Crippen molar-refractivity contribution < 1.29 is 0 Å². The fourth-order valence-electron chi connectivity index (χ4n) is 7.68. The number of benzene rings is 7. The van der Waals surface area contributed by atoms with Crippen molar-refractivity contribution >= 4 is 49.2 Å². The lowest BCUT2D eigenvalue weighted by atomic mass is 9.97. The van der Waals surface area contributed by atoms with Crippen molar-refractivity contribution in [1.29, 1.82) is 0 Å². The van der Waals surface area contributed by atoms with Crippen LogP contribution < -0.4 is 0 Å². The predicted octanol–water partition coefficient (Wildman–Crippen LogP) is 13.2. The highest BCUT2D eigenvalue weighted by Crippen LogP contribution is 2.39. The van der Waals surface area contributed by atoms with E-state index in [0.29, 0.717) is 0 Å². The molecular formula is C48H36N2. The van der Waals surface area contributed by atoms with E-state index in [9.17, 15) is 0 Å². The smallest absolute Gasteiger partial charge is 0.0541 e. The molecule has 238 valence electrons. The van der Waals surface area contributed by atoms with Gasteiger partial charge >= 0.3 is 0 Å². The normalized spacial score (nSPS) is 12.2. The largest absolute Gasteiger partial charge is 0.309 e. The summed E-state index contributed by atoms with van der Waals surface area (Å²) in [5.74, 6) is 0. The number of allylic oxidation sites excluding steroid dienone is 4. The summed E-state index contributed by atoms with van der Waals surface area (Å²) >= 11 is 0. The zero-order valence-corrected chi connectivity index (χ0v) is 28.2. The lowest BCUT2D eigenvalue weighted by Gasteiger charge is -2.14. The van der Waals surface area contributed by atoms with Crippen LogP contribution in [0.1, 0.15) is 19.4 Å². The second-order valence-electron chi connectivity index (χ2n) is 12.9. The molecule has 0 aliphatic carbocycles. The highest BCUT2D eigenvalue weighted by Gasteiger charge is 2.17. The van der Waals surface area contributed by atoms with Crippen molar-refractivity contribution in [2.75, 3.05) is 0 Å². The van der Waals surface area contributed by atoms with Gasteiger partial charge in [0.25, 0.3) is 0 Å². The third-order valence-electron chi connectivity index (χ3n) is 9.97. The molecule has 2 heteroatoms. The summed E-state index contributed by atoms with van der Waals surface area (Å²) < 4.78 is 4.81. The van der Waals surface area contributed by atoms with Crippen LogP contribution in [0, 0.1) is 0 Å². The van der Waals surface area contributed by atoms with Crippen LogP contribution in [0.2, 0.25) is 0 Å². The van der Waals surface area contributed by atoms with Crippen LogP contribution in [0.5, 0.6) is 0 Å². The molecule has 50 heavy (non-hydrogen) atoms. The molecule has 0 aliphatic heterocycles. The molecular weight excluding hydrogens is 605 g/mol. The molecule has 7 aromatic carbocycles. The Bertz CT molecular complexity index is 2760. The maximum Gasteiger partial charge on any atom is 0.0541 e. The van der Waals surface area contributed by atoms with Crippen LogP contribution in [-0.4, -0.2) is 9.13 Å². The molecule has 2 heterocycles. The fourth-order valence-corrected chi connectivity index (χ4v) is 7.68. The summed E-state index contributed by atoms with van der Waals surface area (Å²) in [5.41, 5.74) is 14.4. The Balaban J connectivity index is 1.24. The number of hydrogen-bond donors (Lipinski definition) is 0. The van der Waals surface area contributed by atoms with Crippen molar-refractivity contribution in [3.63, 3.8) is 0 Å². The maximum absolute atomic E-state index is 2.43. The zero-order chi connectivity index (χ0) is 33.6. The first-order chi connectivity index (χ1) is 24.7. The molecule has 0 fully saturated rings. The standard InChI is InChI=1S/C48H36N2/c1-3-15-33(4-2)37-28-38(34-16-7-5-8-17-34)30-40(29-37)50-46-23-14-12-21-42(46)44-32-36(25-27-48(44)50)35-24-26-47-43(31-35)41-20-11-13-22-45(41)49(47)39-18-9-6-10-19-39/h3-32H,1-2H3/b15-3-,33-4+. The van der Waals surface area contributed by atoms with Gasteiger partial charge in [0.15, 0.2) is 0 Å². The Kier molecular flexibility index (Phi) is 7.29. The van der Waals surface area contributed by atoms with Crippen LogP contribution >= 0.6 is 0 Å². The van der Waals surface area contributed by atoms with Gasteiger partial charge in [0.2, 0.25) is 0 Å². The molecule has 9 rings (SSSR count). The van der Waals surface area contributed by atoms with E-state index in [4.69, 9.17) is 0 Å². The van der Waals surface area contributed by atoms with Crippen molar-refractivity contribution in [3.05, 3.63) is 188 Å². The number of rotatable bonds is 6. The lowest BCUT2D eigenvalue weighted by molar-refractivity contribution is 1.18. The van der Waals surface area contributed by atoms with Gasteiger partial charge < -0.3 is 9.13 Å². The van der Waals surface area contributed by atoms with E-state index in [1.807, 2.05) is 0 Å². The highest BCUT2D eigenvalue weighted by molar-refractivity contribution is 6.12. The molecule has 9 aromatic rings. The molecule has 0 N–H and O–H groups in total. The second-order valence-corrected chi connectivity index (χ2v) is 12.9. The zero-order valence-electron chi connectivity index (χ0n) is 28.2. The monoisotopic (exact) mass is 640 g/mol. The van der Waals surface area contributed by atoms with Gasteiger partial charge in [0.05, 0.1) is 22.1 Å². The quantitative estimate of drug-likeness (QED) is 0.160. The van der Waals surface area contributed by atoms with Crippen molar-refractivity contribution in [1.82, 2.24) is 9.13 Å². The van der Waals surface area contributed by atoms with Crippen molar-refractivity contribution in [2.24, 2.45) is 0 Å². The lowest BCUT2D eigenvalue weighted by Crippen LogP contribution is -1.97. The molecule has 0 radical (unpaired) electrons. The number of para-hydroxylation sites is 3. The summed E-state index contributed by atoms with van der Waals surface area (Å²) in [6.07, 6.45) is 6.50. The van der Waals surface area contributed by atoms with Crippen molar-refractivity contribution in [2.45, 2.75) is 13.8 Å². The van der Waals surface area contributed by atoms with Gasteiger partial charge in [-0.1, -0.05) is 115 Å². The first-order valence-corrected chi connectivity index (χ1v) is 17.3. The number of fused-ring (bicyclic) bond motifs is 6. The Morgan fingerprint density at radius 3 is 1.50 bits per heavy atom. The molecule has 0 saturated carbocycles. The van der Waals surface area contributed by atoms with Gasteiger partial charge in [0, 0.05) is 32.9 Å². The molecule has 0 saturated heterocycles. The van der Waals surface area contributed by atoms with Gasteiger partial charge in [-0.2, -0.15) is 0 Å². The number of nitrogens with zero attached hydrogens (tertiary/aromatic N) is 2. The van der Waals surface area contributed by atoms with Gasteiger partial charge in [-0.05, 0) is 114 Å². The van der Waals surface area contributed by atoms with Crippen molar-refractivity contribution in [3.8, 4) is 33.6 Å². The van der Waals surface area contributed by atoms with Gasteiger partial charge in [-0.15, -0.1) is 0 Å². The third kappa shape index (κ3) is 4.88. The summed E-state index contributed by atoms with van der Waals surface area (Å²) in [7, 11) is 0. The first-order valence-electron chi connectivity index (χ1n) is 17.3. The minimum absolute atomic E-state index is 1.15. The Hall–Kier alpha value is -6.38. The minimum atomic E-state index is 1.15. The average Bonchev–Trinajstić information content (AvgIpc) is 3.69. The van der Waals surface area contributed by atoms with Gasteiger partial charge in [-0.25, -0.2) is 0 Å². The van der Waals surface area contributed by atoms with E-state index < -0.39 is 0 Å². The van der Waals surface area contributed by atoms with E-state index in [-0.39, 0.29) is 0 Å². The molecule has 0 spiro atoms. The maximum atomic E-state index is 2.43. The van der Waals surface area contributed by atoms with E-state index >= 15 is 0 Å². The van der Waals surface area contributed by atoms with E-state index in [0.717, 1.165) is 5.69 Å². The molecule has 2 aromatic heterocycles. The molecule has 0 unspecified atom stereocenters. The molecule has 2 nitrogen and oxygen atoms in total. The average molecular weight is 641 g/mol. The number of hydrogen-bond acceptors (Lipinski definition) is 0. The summed E-state index contributed by atoms with van der Waals surface area (Å²) in [6, 6.07) is 59.8. The SMILES string of the molecule is C/C=C\C(=C/C)c1cc(-c2ccccc2)cc(-n2c3ccccc3c3cc(-c4ccc5c(c4)c4ccccc4n5-c4ccccc4)ccc32)c1. The fraction of sp³-hybridized carbons (Fsp3) is 0.0417. The van der Waals surface area contributed by atoms with Gasteiger partial charge in [-0.3, -0.25) is 0 Å². The third-order valence-corrected chi connectivity index (χ3v) is 9.97. The van der Waals surface area contributed by atoms with Crippen LogP contribution in [0.25, 0.3) is 82.8 Å². The summed E-state index contributed by atoms with van der Waals surface area (Å²) in [4.78, 5) is 0. The van der Waals surface area contributed by atoms with Gasteiger partial charge in [0.1, 0.15) is 0 Å². The summed E-state index contributed by atoms with van der Waals surface area (Å²) in [6.45, 7) is 4.19. The minimum Gasteiger partial charge on any atom is -0.309 e. The number of aromatic nitrogens is 2. The summed E-state index contributed by atoms with van der Waals surface area (Å²) in [5, 5.41) is 5.02. The molecule has 0 amide bonds.